The van der Waals surface area contributed by atoms with Crippen LogP contribution in [0.4, 0.5) is 0 Å². The van der Waals surface area contributed by atoms with Crippen LogP contribution >= 0.6 is 0 Å². The summed E-state index contributed by atoms with van der Waals surface area (Å²) in [7, 11) is 0. The monoisotopic (exact) mass is 578 g/mol. The average molecular weight is 579 g/mol. The Kier molecular flexibility index (Phi) is 14.7. The molecule has 234 valence electrons. The van der Waals surface area contributed by atoms with Gasteiger partial charge in [-0.1, -0.05) is 188 Å². The van der Waals surface area contributed by atoms with Crippen molar-refractivity contribution in [2.24, 2.45) is 0 Å². The quantitative estimate of drug-likeness (QED) is 0.171. The summed E-state index contributed by atoms with van der Waals surface area (Å²) in [5.41, 5.74) is 7.76. The van der Waals surface area contributed by atoms with Crippen LogP contribution in [0.15, 0.2) is 103 Å². The van der Waals surface area contributed by atoms with Crippen LogP contribution in [0.1, 0.15) is 112 Å². The lowest BCUT2D eigenvalue weighted by Gasteiger charge is -2.21. The molecule has 0 N–H and O–H groups in total. The molecule has 0 nitrogen and oxygen atoms in total. The van der Waals surface area contributed by atoms with Gasteiger partial charge in [0.25, 0.3) is 0 Å². The zero-order chi connectivity index (χ0) is 29.7. The first-order valence-corrected chi connectivity index (χ1v) is 14.6. The van der Waals surface area contributed by atoms with Crippen LogP contribution < -0.4 is 0 Å². The fraction of sp³-hybridized carbons (Fsp3) is 0.395. The molecule has 5 aromatic carbocycles. The molecule has 0 atom stereocenters. The second kappa shape index (κ2) is 15.9. The van der Waals surface area contributed by atoms with Gasteiger partial charge in [0.05, 0.1) is 0 Å². The Hall–Kier alpha value is -3.38. The number of aryl methyl sites for hydroxylation is 2. The fourth-order valence-corrected chi connectivity index (χ4v) is 4.74. The molecule has 0 saturated heterocycles. The van der Waals surface area contributed by atoms with E-state index in [2.05, 4.69) is 179 Å². The van der Waals surface area contributed by atoms with Gasteiger partial charge in [-0.05, 0) is 79.5 Å². The van der Waals surface area contributed by atoms with E-state index in [1.807, 2.05) is 0 Å². The van der Waals surface area contributed by atoms with Gasteiger partial charge in [-0.25, -0.2) is 0 Å². The van der Waals surface area contributed by atoms with Gasteiger partial charge in [-0.3, -0.25) is 0 Å². The zero-order valence-corrected chi connectivity index (χ0v) is 26.8. The van der Waals surface area contributed by atoms with E-state index in [1.54, 1.807) is 0 Å². The highest BCUT2D eigenvalue weighted by molar-refractivity contribution is 5.86. The Bertz CT molecular complexity index is 1530. The highest BCUT2D eigenvalue weighted by Crippen LogP contribution is 2.30. The molecule has 0 aromatic heterocycles. The highest BCUT2D eigenvalue weighted by atomic mass is 14.2. The standard InChI is InChI=1S/2C14H16.C12H18.3CH4/c1-14(2,3)13-10-6-8-11-7-4-5-9-12(11)13;1-14(2,3)13-9-8-11-6-4-5-7-12(11)10-13;1-9-6-7-11(8-10(9)2)12(3,4)5;;;/h2*4-10H,1-3H3;6-8H,1-5H3;3*1H4. The fourth-order valence-electron chi connectivity index (χ4n) is 4.74. The molecule has 0 fully saturated rings. The predicted octanol–water partition coefficient (Wildman–Crippen LogP) is 13.8. The van der Waals surface area contributed by atoms with Crippen molar-refractivity contribution < 1.29 is 0 Å². The van der Waals surface area contributed by atoms with E-state index in [0.29, 0.717) is 0 Å². The molecule has 0 spiro atoms. The van der Waals surface area contributed by atoms with Crippen molar-refractivity contribution in [1.29, 1.82) is 0 Å². The minimum absolute atomic E-state index is 0. The Morgan fingerprint density at radius 3 is 1.37 bits per heavy atom. The van der Waals surface area contributed by atoms with Crippen molar-refractivity contribution in [1.82, 2.24) is 0 Å². The van der Waals surface area contributed by atoms with Gasteiger partial charge < -0.3 is 0 Å². The minimum atomic E-state index is 0. The Balaban J connectivity index is 0.000000597. The van der Waals surface area contributed by atoms with Crippen LogP contribution in [0.3, 0.4) is 0 Å². The van der Waals surface area contributed by atoms with Gasteiger partial charge in [-0.15, -0.1) is 0 Å². The van der Waals surface area contributed by atoms with Crippen LogP contribution in [-0.4, -0.2) is 0 Å². The smallest absolute Gasteiger partial charge is 0.0126 e. The summed E-state index contributed by atoms with van der Waals surface area (Å²) >= 11 is 0. The molecule has 43 heavy (non-hydrogen) atoms. The molecule has 0 heterocycles. The number of benzene rings is 5. The number of hydrogen-bond donors (Lipinski definition) is 0. The molecule has 0 heteroatoms. The number of hydrogen-bond acceptors (Lipinski definition) is 0. The highest BCUT2D eigenvalue weighted by Gasteiger charge is 2.16. The third kappa shape index (κ3) is 11.0. The predicted molar refractivity (Wildman–Crippen MR) is 200 cm³/mol. The van der Waals surface area contributed by atoms with Crippen molar-refractivity contribution >= 4 is 21.5 Å². The van der Waals surface area contributed by atoms with E-state index in [0.717, 1.165) is 0 Å². The van der Waals surface area contributed by atoms with Crippen LogP contribution in [0.5, 0.6) is 0 Å². The molecule has 0 unspecified atom stereocenters. The van der Waals surface area contributed by atoms with E-state index < -0.39 is 0 Å². The van der Waals surface area contributed by atoms with Gasteiger partial charge >= 0.3 is 0 Å². The molecule has 0 amide bonds. The molecule has 0 aliphatic heterocycles. The van der Waals surface area contributed by atoms with Gasteiger partial charge in [0.1, 0.15) is 0 Å². The van der Waals surface area contributed by atoms with E-state index in [9.17, 15) is 0 Å². The lowest BCUT2D eigenvalue weighted by Crippen LogP contribution is -2.11. The molecular formula is C43H62. The second-order valence-corrected chi connectivity index (χ2v) is 14.1. The Morgan fingerprint density at radius 2 is 0.837 bits per heavy atom. The van der Waals surface area contributed by atoms with Crippen LogP contribution in [0.2, 0.25) is 0 Å². The lowest BCUT2D eigenvalue weighted by molar-refractivity contribution is 0.589. The zero-order valence-electron chi connectivity index (χ0n) is 26.8. The van der Waals surface area contributed by atoms with Crippen molar-refractivity contribution in [3.63, 3.8) is 0 Å². The van der Waals surface area contributed by atoms with E-state index in [-0.39, 0.29) is 38.5 Å². The summed E-state index contributed by atoms with van der Waals surface area (Å²) in [6.45, 7) is 24.6. The molecule has 0 bridgehead atoms. The second-order valence-electron chi connectivity index (χ2n) is 14.1. The number of rotatable bonds is 0. The first-order chi connectivity index (χ1) is 18.6. The lowest BCUT2D eigenvalue weighted by atomic mass is 9.84. The summed E-state index contributed by atoms with van der Waals surface area (Å²) in [6.07, 6.45) is 0. The van der Waals surface area contributed by atoms with Gasteiger partial charge in [0.2, 0.25) is 0 Å². The molecule has 0 radical (unpaired) electrons. The maximum atomic E-state index is 2.29. The summed E-state index contributed by atoms with van der Waals surface area (Å²) in [6, 6.07) is 37.0. The van der Waals surface area contributed by atoms with Crippen molar-refractivity contribution in [3.8, 4) is 0 Å². The van der Waals surface area contributed by atoms with Gasteiger partial charge in [0.15, 0.2) is 0 Å². The molecule has 0 saturated carbocycles. The third-order valence-corrected chi connectivity index (χ3v) is 7.59. The number of fused-ring (bicyclic) bond motifs is 2. The van der Waals surface area contributed by atoms with Gasteiger partial charge in [-0.2, -0.15) is 0 Å². The van der Waals surface area contributed by atoms with Crippen molar-refractivity contribution in [2.75, 3.05) is 0 Å². The van der Waals surface area contributed by atoms with E-state index in [4.69, 9.17) is 0 Å². The molecule has 5 aromatic rings. The summed E-state index contributed by atoms with van der Waals surface area (Å²) in [5, 5.41) is 5.36. The maximum absolute atomic E-state index is 2.29. The molecule has 0 aliphatic carbocycles. The SMILES string of the molecule is C.C.C.CC(C)(C)c1ccc2ccccc2c1.CC(C)(C)c1cccc2ccccc12.Cc1ccc(C(C)(C)C)cc1C. The van der Waals surface area contributed by atoms with E-state index in [1.165, 1.54) is 49.4 Å². The van der Waals surface area contributed by atoms with Crippen LogP contribution in [0, 0.1) is 13.8 Å². The Labute approximate surface area is 266 Å². The average Bonchev–Trinajstić information content (AvgIpc) is 2.89. The maximum Gasteiger partial charge on any atom is -0.0126 e. The topological polar surface area (TPSA) is 0 Å². The van der Waals surface area contributed by atoms with Crippen LogP contribution in [-0.2, 0) is 16.2 Å². The Morgan fingerprint density at radius 1 is 0.372 bits per heavy atom. The minimum Gasteiger partial charge on any atom is -0.0776 e. The van der Waals surface area contributed by atoms with E-state index >= 15 is 0 Å². The molecule has 0 aliphatic rings. The normalized spacial score (nSPS) is 11.0. The largest absolute Gasteiger partial charge is 0.0776 e. The first kappa shape index (κ1) is 39.6. The molecule has 5 rings (SSSR count). The van der Waals surface area contributed by atoms with Gasteiger partial charge in [0, 0.05) is 0 Å². The summed E-state index contributed by atoms with van der Waals surface area (Å²) in [4.78, 5) is 0. The first-order valence-electron chi connectivity index (χ1n) is 14.6. The third-order valence-electron chi connectivity index (χ3n) is 7.59. The van der Waals surface area contributed by atoms with Crippen molar-refractivity contribution in [2.45, 2.75) is 115 Å². The summed E-state index contributed by atoms with van der Waals surface area (Å²) in [5.74, 6) is 0. The van der Waals surface area contributed by atoms with Crippen LogP contribution in [0.25, 0.3) is 21.5 Å². The molecular weight excluding hydrogens is 516 g/mol. The summed E-state index contributed by atoms with van der Waals surface area (Å²) < 4.78 is 0. The van der Waals surface area contributed by atoms with Crippen molar-refractivity contribution in [3.05, 3.63) is 131 Å².